The molecule has 42 heavy (non-hydrogen) atoms. The Bertz CT molecular complexity index is 1260. The maximum absolute atomic E-state index is 13.5. The Morgan fingerprint density at radius 3 is 2.31 bits per heavy atom. The highest BCUT2D eigenvalue weighted by molar-refractivity contribution is 8.00. The number of hydrogen-bond donors (Lipinski definition) is 6. The van der Waals surface area contributed by atoms with Crippen molar-refractivity contribution in [2.45, 2.75) is 75.2 Å². The summed E-state index contributed by atoms with van der Waals surface area (Å²) in [6.07, 6.45) is 0.781. The minimum absolute atomic E-state index is 0.0718. The Balaban J connectivity index is 1.42. The van der Waals surface area contributed by atoms with E-state index in [-0.39, 0.29) is 29.4 Å². The highest BCUT2D eigenvalue weighted by Crippen LogP contribution is 2.37. The molecule has 2 heterocycles. The molecule has 2 saturated heterocycles. The van der Waals surface area contributed by atoms with Gasteiger partial charge in [-0.2, -0.15) is 0 Å². The predicted octanol–water partition coefficient (Wildman–Crippen LogP) is 1.19. The number of carboxylic acids is 1. The van der Waals surface area contributed by atoms with Crippen molar-refractivity contribution in [3.63, 3.8) is 0 Å². The van der Waals surface area contributed by atoms with Gasteiger partial charge in [0, 0.05) is 12.2 Å². The second kappa shape index (κ2) is 14.0. The lowest BCUT2D eigenvalue weighted by Crippen LogP contribution is -2.58. The highest BCUT2D eigenvalue weighted by atomic mass is 32.2. The van der Waals surface area contributed by atoms with Crippen molar-refractivity contribution in [1.29, 1.82) is 0 Å². The molecule has 2 aromatic carbocycles. The van der Waals surface area contributed by atoms with Crippen LogP contribution in [0, 0.1) is 5.92 Å². The van der Waals surface area contributed by atoms with E-state index >= 15 is 0 Å². The number of amides is 3. The number of benzene rings is 2. The van der Waals surface area contributed by atoms with Crippen LogP contribution in [0.1, 0.15) is 37.8 Å². The number of nitrogens with one attached hydrogen (secondary N) is 3. The number of aromatic hydroxyl groups is 1. The van der Waals surface area contributed by atoms with E-state index in [9.17, 15) is 29.4 Å². The third-order valence-electron chi connectivity index (χ3n) is 7.44. The average Bonchev–Trinajstić information content (AvgIpc) is 3.48. The SMILES string of the molecule is CC(C)C[C@H](NC(=O)[C@H](Cc1ccccc1)N[C@@H]1CS[C@@H]2C[C@@H](NC(=O)[C@@H](N)Cc3ccc(O)cc3)C(=O)N12)C(=O)O. The van der Waals surface area contributed by atoms with Gasteiger partial charge in [-0.1, -0.05) is 56.3 Å². The molecule has 2 aliphatic rings. The Hall–Kier alpha value is -3.61. The van der Waals surface area contributed by atoms with Crippen molar-refractivity contribution in [3.05, 3.63) is 65.7 Å². The van der Waals surface area contributed by atoms with Gasteiger partial charge in [-0.05, 0) is 48.4 Å². The lowest BCUT2D eigenvalue weighted by atomic mass is 10.0. The molecule has 0 aliphatic carbocycles. The smallest absolute Gasteiger partial charge is 0.326 e. The van der Waals surface area contributed by atoms with Gasteiger partial charge in [0.1, 0.15) is 17.8 Å². The van der Waals surface area contributed by atoms with Crippen LogP contribution in [-0.2, 0) is 32.0 Å². The summed E-state index contributed by atoms with van der Waals surface area (Å²) in [4.78, 5) is 53.2. The molecule has 6 atom stereocenters. The van der Waals surface area contributed by atoms with E-state index in [2.05, 4.69) is 16.0 Å². The first kappa shape index (κ1) is 31.3. The van der Waals surface area contributed by atoms with Gasteiger partial charge in [0.15, 0.2) is 0 Å². The molecule has 0 aromatic heterocycles. The van der Waals surface area contributed by atoms with E-state index in [1.54, 1.807) is 28.8 Å². The number of rotatable bonds is 13. The predicted molar refractivity (Wildman–Crippen MR) is 159 cm³/mol. The van der Waals surface area contributed by atoms with Gasteiger partial charge in [0.25, 0.3) is 0 Å². The number of thioether (sulfide) groups is 1. The molecule has 0 saturated carbocycles. The van der Waals surface area contributed by atoms with Crippen molar-refractivity contribution in [3.8, 4) is 5.75 Å². The zero-order chi connectivity index (χ0) is 30.4. The van der Waals surface area contributed by atoms with E-state index in [1.807, 2.05) is 44.2 Å². The van der Waals surface area contributed by atoms with Crippen LogP contribution in [0.5, 0.6) is 5.75 Å². The fourth-order valence-corrected chi connectivity index (χ4v) is 6.71. The van der Waals surface area contributed by atoms with Crippen LogP contribution in [0.4, 0.5) is 0 Å². The van der Waals surface area contributed by atoms with Gasteiger partial charge in [0.05, 0.1) is 23.6 Å². The lowest BCUT2D eigenvalue weighted by Gasteiger charge is -2.30. The minimum Gasteiger partial charge on any atom is -0.508 e. The molecule has 12 heteroatoms. The summed E-state index contributed by atoms with van der Waals surface area (Å²) in [5.74, 6) is -1.50. The monoisotopic (exact) mass is 597 g/mol. The fourth-order valence-electron chi connectivity index (χ4n) is 5.30. The van der Waals surface area contributed by atoms with Gasteiger partial charge in [-0.25, -0.2) is 4.79 Å². The highest BCUT2D eigenvalue weighted by Gasteiger charge is 2.49. The largest absolute Gasteiger partial charge is 0.508 e. The summed E-state index contributed by atoms with van der Waals surface area (Å²) < 4.78 is 0. The number of phenols is 1. The number of fused-ring (bicyclic) bond motifs is 1. The molecule has 4 rings (SSSR count). The Morgan fingerprint density at radius 2 is 1.67 bits per heavy atom. The van der Waals surface area contributed by atoms with Gasteiger partial charge in [-0.3, -0.25) is 19.7 Å². The summed E-state index contributed by atoms with van der Waals surface area (Å²) in [5, 5.41) is 27.8. The second-order valence-electron chi connectivity index (χ2n) is 11.3. The van der Waals surface area contributed by atoms with Crippen molar-refractivity contribution >= 4 is 35.5 Å². The topological polar surface area (TPSA) is 174 Å². The van der Waals surface area contributed by atoms with E-state index in [0.717, 1.165) is 11.1 Å². The third-order valence-corrected chi connectivity index (χ3v) is 8.75. The Morgan fingerprint density at radius 1 is 1.00 bits per heavy atom. The van der Waals surface area contributed by atoms with Crippen LogP contribution >= 0.6 is 11.8 Å². The molecular formula is C30H39N5O6S. The van der Waals surface area contributed by atoms with E-state index in [4.69, 9.17) is 5.73 Å². The maximum Gasteiger partial charge on any atom is 0.326 e. The zero-order valence-electron chi connectivity index (χ0n) is 23.7. The first-order valence-corrected chi connectivity index (χ1v) is 15.2. The summed E-state index contributed by atoms with van der Waals surface area (Å²) in [6, 6.07) is 12.4. The van der Waals surface area contributed by atoms with E-state index < -0.39 is 48.1 Å². The molecule has 3 amide bonds. The summed E-state index contributed by atoms with van der Waals surface area (Å²) in [6.45, 7) is 3.79. The van der Waals surface area contributed by atoms with Crippen LogP contribution in [-0.4, -0.2) is 80.3 Å². The van der Waals surface area contributed by atoms with Gasteiger partial charge < -0.3 is 31.5 Å². The second-order valence-corrected chi connectivity index (χ2v) is 12.5. The van der Waals surface area contributed by atoms with Crippen molar-refractivity contribution < 1.29 is 29.4 Å². The molecule has 0 unspecified atom stereocenters. The van der Waals surface area contributed by atoms with E-state index in [0.29, 0.717) is 25.0 Å². The number of aliphatic carboxylic acids is 1. The third kappa shape index (κ3) is 8.02. The molecular weight excluding hydrogens is 558 g/mol. The van der Waals surface area contributed by atoms with Gasteiger partial charge in [-0.15, -0.1) is 11.8 Å². The first-order valence-electron chi connectivity index (χ1n) is 14.1. The molecule has 0 bridgehead atoms. The molecule has 0 spiro atoms. The quantitative estimate of drug-likeness (QED) is 0.198. The number of carbonyl (C=O) groups excluding carboxylic acids is 3. The van der Waals surface area contributed by atoms with Crippen molar-refractivity contribution in [1.82, 2.24) is 20.9 Å². The average molecular weight is 598 g/mol. The summed E-state index contributed by atoms with van der Waals surface area (Å²) in [5.41, 5.74) is 7.79. The number of phenolic OH excluding ortho intramolecular Hbond substituents is 1. The number of nitrogens with zero attached hydrogens (tertiary/aromatic N) is 1. The molecule has 2 fully saturated rings. The summed E-state index contributed by atoms with van der Waals surface area (Å²) >= 11 is 1.57. The lowest BCUT2D eigenvalue weighted by molar-refractivity contribution is -0.142. The van der Waals surface area contributed by atoms with Crippen LogP contribution in [0.3, 0.4) is 0 Å². The molecule has 0 radical (unpaired) electrons. The number of nitrogens with two attached hydrogens (primary N) is 1. The van der Waals surface area contributed by atoms with Crippen LogP contribution in [0.15, 0.2) is 54.6 Å². The molecule has 2 aromatic rings. The molecule has 7 N–H and O–H groups in total. The Labute approximate surface area is 249 Å². The summed E-state index contributed by atoms with van der Waals surface area (Å²) in [7, 11) is 0. The zero-order valence-corrected chi connectivity index (χ0v) is 24.5. The van der Waals surface area contributed by atoms with Crippen LogP contribution in [0.25, 0.3) is 0 Å². The number of hydrogen-bond acceptors (Lipinski definition) is 8. The van der Waals surface area contributed by atoms with Gasteiger partial charge in [0.2, 0.25) is 17.7 Å². The van der Waals surface area contributed by atoms with Crippen LogP contribution in [0.2, 0.25) is 0 Å². The molecule has 2 aliphatic heterocycles. The minimum atomic E-state index is -1.09. The van der Waals surface area contributed by atoms with Gasteiger partial charge >= 0.3 is 5.97 Å². The molecule has 11 nitrogen and oxygen atoms in total. The fraction of sp³-hybridized carbons (Fsp3) is 0.467. The number of carbonyl (C=O) groups is 4. The Kier molecular flexibility index (Phi) is 10.5. The van der Waals surface area contributed by atoms with E-state index in [1.165, 1.54) is 12.1 Å². The standard InChI is InChI=1S/C30H39N5O6S/c1-17(2)12-24(30(40)41)34-28(38)22(14-18-6-4-3-5-7-18)32-25-16-42-26-15-23(29(39)35(25)26)33-27(37)21(31)13-19-8-10-20(36)11-9-19/h3-11,17,21-26,32,36H,12-16,31H2,1-2H3,(H,33,37)(H,34,38)(H,40,41)/t21-,22-,23+,24-,25-,26+/m0/s1. The first-order chi connectivity index (χ1) is 20.0. The van der Waals surface area contributed by atoms with Crippen molar-refractivity contribution in [2.24, 2.45) is 11.7 Å². The number of carboxylic acid groups (broad SMARTS) is 1. The molecule has 226 valence electrons. The normalized spacial score (nSPS) is 22.0. The maximum atomic E-state index is 13.5. The van der Waals surface area contributed by atoms with Crippen molar-refractivity contribution in [2.75, 3.05) is 5.75 Å². The van der Waals surface area contributed by atoms with Crippen LogP contribution < -0.4 is 21.7 Å².